The molecule has 32 heavy (non-hydrogen) atoms. The molecule has 3 aromatic rings. The summed E-state index contributed by atoms with van der Waals surface area (Å²) in [5.41, 5.74) is 0.199. The molecule has 0 fully saturated rings. The number of nitrogens with zero attached hydrogens (tertiary/aromatic N) is 2. The van der Waals surface area contributed by atoms with Gasteiger partial charge in [-0.3, -0.25) is 4.79 Å². The minimum atomic E-state index is -4.97. The Labute approximate surface area is 205 Å². The fraction of sp³-hybridized carbons (Fsp3) is 0.0556. The van der Waals surface area contributed by atoms with Gasteiger partial charge in [0.2, 0.25) is 15.9 Å². The predicted octanol–water partition coefficient (Wildman–Crippen LogP) is -0.525. The summed E-state index contributed by atoms with van der Waals surface area (Å²) in [6, 6.07) is 9.68. The van der Waals surface area contributed by atoms with Gasteiger partial charge in [-0.15, -0.1) is 5.11 Å². The maximum atomic E-state index is 11.8. The third-order valence-corrected chi connectivity index (χ3v) is 5.91. The number of carbonyl (C=O) groups is 1. The predicted molar refractivity (Wildman–Crippen MR) is 110 cm³/mol. The quantitative estimate of drug-likeness (QED) is 0.245. The van der Waals surface area contributed by atoms with E-state index in [1.807, 2.05) is 0 Å². The number of nitrogens with one attached hydrogen (secondary N) is 1. The van der Waals surface area contributed by atoms with Crippen molar-refractivity contribution < 1.29 is 60.8 Å². The van der Waals surface area contributed by atoms with Crippen molar-refractivity contribution in [2.45, 2.75) is 16.7 Å². The number of rotatable bonds is 5. The molecule has 162 valence electrons. The van der Waals surface area contributed by atoms with Gasteiger partial charge in [0.1, 0.15) is 15.9 Å². The zero-order valence-corrected chi connectivity index (χ0v) is 20.4. The number of benzene rings is 3. The van der Waals surface area contributed by atoms with Crippen molar-refractivity contribution in [3.05, 3.63) is 48.5 Å². The molecule has 14 heteroatoms. The van der Waals surface area contributed by atoms with E-state index in [2.05, 4.69) is 15.5 Å². The molecule has 3 aromatic carbocycles. The van der Waals surface area contributed by atoms with E-state index in [-0.39, 0.29) is 68.0 Å². The van der Waals surface area contributed by atoms with Gasteiger partial charge in [-0.05, 0) is 48.5 Å². The molecule has 0 aliphatic rings. The van der Waals surface area contributed by atoms with Gasteiger partial charge >= 0.3 is 29.6 Å². The maximum Gasteiger partial charge on any atom is 1.00 e. The van der Waals surface area contributed by atoms with E-state index in [1.54, 1.807) is 0 Å². The van der Waals surface area contributed by atoms with Gasteiger partial charge < -0.3 is 15.0 Å². The third kappa shape index (κ3) is 5.69. The first-order valence-corrected chi connectivity index (χ1v) is 11.4. The minimum absolute atomic E-state index is 0. The van der Waals surface area contributed by atoms with Gasteiger partial charge in [0.15, 0.2) is 0 Å². The molecule has 0 radical (unpaired) electrons. The maximum absolute atomic E-state index is 11.8. The number of hydrogen-bond acceptors (Lipinski definition) is 9. The SMILES string of the molecule is CC(=O)Nc1ccc(S(=O)(=O)[O-])c2c(N=Nc3ccc(S(N)(=O)=O)cc3)ccc(O)c12.[Na+]. The Morgan fingerprint density at radius 3 is 2.12 bits per heavy atom. The standard InChI is InChI=1S/C18H16N4O7S2.Na/c1-10(23)20-13-7-9-16(31(27,28)29)18-14(6-8-15(24)17(13)18)22-21-11-2-4-12(5-3-11)30(19,25)26;/h2-9,24H,1H3,(H,20,23)(H2,19,25,26)(H,27,28,29);/q;+1/p-1. The van der Waals surface area contributed by atoms with Crippen LogP contribution in [0.1, 0.15) is 6.92 Å². The van der Waals surface area contributed by atoms with E-state index in [0.717, 1.165) is 6.07 Å². The molecule has 0 saturated heterocycles. The number of fused-ring (bicyclic) bond motifs is 1. The van der Waals surface area contributed by atoms with Crippen LogP contribution in [-0.4, -0.2) is 32.4 Å². The van der Waals surface area contributed by atoms with Crippen molar-refractivity contribution in [3.8, 4) is 5.75 Å². The molecule has 0 unspecified atom stereocenters. The van der Waals surface area contributed by atoms with E-state index in [9.17, 15) is 31.3 Å². The number of phenolic OH excluding ortho intramolecular Hbond substituents is 1. The molecule has 1 amide bonds. The summed E-state index contributed by atoms with van der Waals surface area (Å²) < 4.78 is 58.0. The van der Waals surface area contributed by atoms with Gasteiger partial charge in [-0.2, -0.15) is 5.11 Å². The van der Waals surface area contributed by atoms with Gasteiger partial charge in [0.25, 0.3) is 0 Å². The van der Waals surface area contributed by atoms with Crippen LogP contribution < -0.4 is 40.0 Å². The van der Waals surface area contributed by atoms with Crippen molar-refractivity contribution in [2.75, 3.05) is 5.32 Å². The van der Waals surface area contributed by atoms with Crippen LogP contribution in [0, 0.1) is 0 Å². The molecule has 0 aromatic heterocycles. The van der Waals surface area contributed by atoms with Crippen LogP contribution in [0.15, 0.2) is 68.6 Å². The molecular formula is C18H15N4NaO7S2. The van der Waals surface area contributed by atoms with E-state index < -0.39 is 30.9 Å². The first kappa shape index (κ1) is 25.9. The van der Waals surface area contributed by atoms with Crippen LogP contribution in [0.5, 0.6) is 5.75 Å². The van der Waals surface area contributed by atoms with Crippen LogP contribution >= 0.6 is 0 Å². The summed E-state index contributed by atoms with van der Waals surface area (Å²) in [7, 11) is -8.87. The van der Waals surface area contributed by atoms with Crippen LogP contribution in [0.25, 0.3) is 10.8 Å². The van der Waals surface area contributed by atoms with Crippen molar-refractivity contribution in [1.29, 1.82) is 0 Å². The molecule has 11 nitrogen and oxygen atoms in total. The number of anilines is 1. The number of primary sulfonamides is 1. The zero-order valence-electron chi connectivity index (χ0n) is 16.8. The first-order valence-electron chi connectivity index (χ1n) is 8.44. The van der Waals surface area contributed by atoms with Gasteiger partial charge in [0, 0.05) is 12.3 Å². The monoisotopic (exact) mass is 486 g/mol. The number of amides is 1. The third-order valence-electron chi connectivity index (χ3n) is 4.10. The Morgan fingerprint density at radius 2 is 1.59 bits per heavy atom. The van der Waals surface area contributed by atoms with Crippen LogP contribution in [0.2, 0.25) is 0 Å². The Morgan fingerprint density at radius 1 is 0.969 bits per heavy atom. The number of sulfonamides is 1. The number of azo groups is 1. The van der Waals surface area contributed by atoms with E-state index in [0.29, 0.717) is 0 Å². The first-order chi connectivity index (χ1) is 14.4. The fourth-order valence-electron chi connectivity index (χ4n) is 2.83. The van der Waals surface area contributed by atoms with Crippen molar-refractivity contribution in [2.24, 2.45) is 15.4 Å². The summed E-state index contributed by atoms with van der Waals surface area (Å²) in [6.45, 7) is 1.22. The summed E-state index contributed by atoms with van der Waals surface area (Å²) in [6.07, 6.45) is 0. The smallest absolute Gasteiger partial charge is 0.744 e. The van der Waals surface area contributed by atoms with Gasteiger partial charge in [0.05, 0.1) is 32.2 Å². The largest absolute Gasteiger partial charge is 1.00 e. The number of aromatic hydroxyl groups is 1. The summed E-state index contributed by atoms with van der Waals surface area (Å²) in [5, 5.41) is 25.3. The molecule has 3 rings (SSSR count). The van der Waals surface area contributed by atoms with E-state index in [4.69, 9.17) is 5.14 Å². The Hall–Kier alpha value is -2.39. The average molecular weight is 486 g/mol. The molecular weight excluding hydrogens is 471 g/mol. The second-order valence-electron chi connectivity index (χ2n) is 6.34. The summed E-state index contributed by atoms with van der Waals surface area (Å²) in [4.78, 5) is 10.7. The minimum Gasteiger partial charge on any atom is -0.744 e. The Kier molecular flexibility index (Phi) is 7.78. The van der Waals surface area contributed by atoms with Crippen molar-refractivity contribution >= 4 is 53.9 Å². The van der Waals surface area contributed by atoms with E-state index >= 15 is 0 Å². The molecule has 0 saturated carbocycles. The number of nitrogens with two attached hydrogens (primary N) is 1. The molecule has 0 atom stereocenters. The average Bonchev–Trinajstić information content (AvgIpc) is 2.65. The van der Waals surface area contributed by atoms with Crippen LogP contribution in [-0.2, 0) is 24.9 Å². The van der Waals surface area contributed by atoms with Crippen LogP contribution in [0.4, 0.5) is 17.1 Å². The second-order valence-corrected chi connectivity index (χ2v) is 9.25. The molecule has 0 heterocycles. The number of hydrogen-bond donors (Lipinski definition) is 3. The molecule has 0 bridgehead atoms. The van der Waals surface area contributed by atoms with Gasteiger partial charge in [-0.25, -0.2) is 22.0 Å². The Bertz CT molecular complexity index is 1440. The van der Waals surface area contributed by atoms with Crippen molar-refractivity contribution in [1.82, 2.24) is 0 Å². The van der Waals surface area contributed by atoms with Gasteiger partial charge in [-0.1, -0.05) is 0 Å². The molecule has 0 aliphatic carbocycles. The number of carbonyl (C=O) groups excluding carboxylic acids is 1. The number of phenols is 1. The zero-order chi connectivity index (χ0) is 23.0. The Balaban J connectivity index is 0.00000363. The fourth-order valence-corrected chi connectivity index (χ4v) is 4.03. The normalized spacial score (nSPS) is 12.0. The van der Waals surface area contributed by atoms with E-state index in [1.165, 1.54) is 49.4 Å². The van der Waals surface area contributed by atoms with Crippen LogP contribution in [0.3, 0.4) is 0 Å². The molecule has 0 spiro atoms. The second kappa shape index (κ2) is 9.62. The summed E-state index contributed by atoms with van der Waals surface area (Å²) in [5.74, 6) is -0.874. The molecule has 4 N–H and O–H groups in total. The topological polar surface area (TPSA) is 191 Å². The molecule has 0 aliphatic heterocycles. The van der Waals surface area contributed by atoms with Crippen molar-refractivity contribution in [3.63, 3.8) is 0 Å². The summed E-state index contributed by atoms with van der Waals surface area (Å²) >= 11 is 0.